The second-order valence-corrected chi connectivity index (χ2v) is 7.45. The van der Waals surface area contributed by atoms with Gasteiger partial charge in [-0.2, -0.15) is 5.10 Å². The van der Waals surface area contributed by atoms with Crippen molar-refractivity contribution in [1.82, 2.24) is 10.7 Å². The number of ether oxygens (including phenoxy) is 1. The van der Waals surface area contributed by atoms with Gasteiger partial charge in [0.2, 0.25) is 0 Å². The number of carbonyl (C=O) groups excluding carboxylic acids is 2. The Morgan fingerprint density at radius 1 is 1.26 bits per heavy atom. The number of nitro groups is 1. The van der Waals surface area contributed by atoms with Crippen molar-refractivity contribution in [2.75, 3.05) is 6.61 Å². The molecule has 0 saturated heterocycles. The van der Waals surface area contributed by atoms with Gasteiger partial charge in [-0.05, 0) is 30.5 Å². The number of amides is 2. The molecule has 0 fully saturated rings. The molecule has 9 nitrogen and oxygen atoms in total. The maximum atomic E-state index is 12.5. The fourth-order valence-electron chi connectivity index (χ4n) is 2.60. The van der Waals surface area contributed by atoms with Crippen LogP contribution in [0.5, 0.6) is 5.75 Å². The summed E-state index contributed by atoms with van der Waals surface area (Å²) in [6, 6.07) is 10.6. The molecule has 0 unspecified atom stereocenters. The van der Waals surface area contributed by atoms with Crippen LogP contribution >= 0.6 is 11.6 Å². The predicted molar refractivity (Wildman–Crippen MR) is 117 cm³/mol. The first-order valence-electron chi connectivity index (χ1n) is 9.43. The number of nitrogens with one attached hydrogen (secondary N) is 2. The first kappa shape index (κ1) is 23.8. The molecule has 0 spiro atoms. The van der Waals surface area contributed by atoms with E-state index in [2.05, 4.69) is 15.8 Å². The second-order valence-electron chi connectivity index (χ2n) is 7.05. The highest BCUT2D eigenvalue weighted by Gasteiger charge is 2.24. The summed E-state index contributed by atoms with van der Waals surface area (Å²) in [5, 5.41) is 17.4. The Morgan fingerprint density at radius 2 is 1.97 bits per heavy atom. The van der Waals surface area contributed by atoms with Gasteiger partial charge in [-0.25, -0.2) is 5.43 Å². The zero-order chi connectivity index (χ0) is 23.0. The molecule has 2 aromatic carbocycles. The predicted octanol–water partition coefficient (Wildman–Crippen LogP) is 3.23. The Hall–Kier alpha value is -3.46. The van der Waals surface area contributed by atoms with E-state index >= 15 is 0 Å². The minimum Gasteiger partial charge on any atom is -0.484 e. The van der Waals surface area contributed by atoms with Crippen molar-refractivity contribution in [3.8, 4) is 5.75 Å². The summed E-state index contributed by atoms with van der Waals surface area (Å²) in [7, 11) is 0. The van der Waals surface area contributed by atoms with Crippen LogP contribution < -0.4 is 15.5 Å². The van der Waals surface area contributed by atoms with Gasteiger partial charge in [0.15, 0.2) is 6.61 Å². The number of hydrogen-bond donors (Lipinski definition) is 2. The molecule has 164 valence electrons. The van der Waals surface area contributed by atoms with Gasteiger partial charge in [-0.3, -0.25) is 19.7 Å². The van der Waals surface area contributed by atoms with Gasteiger partial charge in [0.05, 0.1) is 11.1 Å². The van der Waals surface area contributed by atoms with Crippen molar-refractivity contribution in [3.05, 3.63) is 68.7 Å². The van der Waals surface area contributed by atoms with Gasteiger partial charge in [-0.1, -0.05) is 49.7 Å². The van der Waals surface area contributed by atoms with Gasteiger partial charge in [-0.15, -0.1) is 0 Å². The summed E-state index contributed by atoms with van der Waals surface area (Å²) in [6.45, 7) is 5.18. The molecule has 0 heterocycles. The summed E-state index contributed by atoms with van der Waals surface area (Å²) in [5.74, 6) is -0.604. The smallest absolute Gasteiger partial charge is 0.288 e. The Bertz CT molecular complexity index is 993. The molecule has 0 aliphatic carbocycles. The lowest BCUT2D eigenvalue weighted by Gasteiger charge is -2.20. The van der Waals surface area contributed by atoms with Crippen LogP contribution in [0.1, 0.15) is 25.0 Å². The molecule has 0 radical (unpaired) electrons. The molecule has 2 rings (SSSR count). The maximum absolute atomic E-state index is 12.5. The van der Waals surface area contributed by atoms with Crippen molar-refractivity contribution in [2.45, 2.75) is 26.8 Å². The number of aryl methyl sites for hydroxylation is 1. The average molecular weight is 447 g/mol. The summed E-state index contributed by atoms with van der Waals surface area (Å²) in [5.41, 5.74) is 3.35. The average Bonchev–Trinajstić information content (AvgIpc) is 2.72. The highest BCUT2D eigenvalue weighted by atomic mass is 35.5. The van der Waals surface area contributed by atoms with Crippen LogP contribution in [0.15, 0.2) is 47.6 Å². The molecule has 31 heavy (non-hydrogen) atoms. The van der Waals surface area contributed by atoms with Gasteiger partial charge in [0, 0.05) is 11.6 Å². The van der Waals surface area contributed by atoms with E-state index in [-0.39, 0.29) is 23.2 Å². The molecule has 2 aromatic rings. The summed E-state index contributed by atoms with van der Waals surface area (Å²) in [4.78, 5) is 35.0. The van der Waals surface area contributed by atoms with Crippen molar-refractivity contribution in [3.63, 3.8) is 0 Å². The van der Waals surface area contributed by atoms with E-state index in [0.29, 0.717) is 11.3 Å². The van der Waals surface area contributed by atoms with Crippen molar-refractivity contribution < 1.29 is 19.2 Å². The molecule has 2 N–H and O–H groups in total. The summed E-state index contributed by atoms with van der Waals surface area (Å²) in [6.07, 6.45) is 1.25. The zero-order valence-corrected chi connectivity index (χ0v) is 18.1. The van der Waals surface area contributed by atoms with E-state index in [4.69, 9.17) is 16.3 Å². The topological polar surface area (TPSA) is 123 Å². The van der Waals surface area contributed by atoms with E-state index in [1.54, 1.807) is 26.0 Å². The molecular formula is C21H23ClN4O5. The largest absolute Gasteiger partial charge is 0.484 e. The minimum absolute atomic E-state index is 0.00156. The van der Waals surface area contributed by atoms with Crippen LogP contribution in [-0.4, -0.2) is 35.6 Å². The molecule has 0 saturated carbocycles. The van der Waals surface area contributed by atoms with Crippen molar-refractivity contribution in [2.24, 2.45) is 11.0 Å². The fraction of sp³-hybridized carbons (Fsp3) is 0.286. The number of para-hydroxylation sites is 1. The molecule has 10 heteroatoms. The normalized spacial score (nSPS) is 11.9. The van der Waals surface area contributed by atoms with Crippen LogP contribution in [0.4, 0.5) is 5.69 Å². The van der Waals surface area contributed by atoms with Crippen LogP contribution in [0.25, 0.3) is 0 Å². The molecule has 0 bridgehead atoms. The number of carbonyl (C=O) groups is 2. The van der Waals surface area contributed by atoms with E-state index in [9.17, 15) is 19.7 Å². The standard InChI is InChI=1S/C21H23ClN4O5/c1-13(2)20(24-19(27)12-31-18-7-5-4-6-14(18)3)21(28)25-23-11-15-8-9-16(22)17(10-15)26(29)30/h4-11,13,20H,12H2,1-3H3,(H,24,27)(H,25,28)/b23-11-/t20-/m1/s1. The summed E-state index contributed by atoms with van der Waals surface area (Å²) < 4.78 is 5.50. The second kappa shape index (κ2) is 11.1. The fourth-order valence-corrected chi connectivity index (χ4v) is 2.79. The van der Waals surface area contributed by atoms with E-state index in [0.717, 1.165) is 5.56 Å². The Labute approximate surface area is 184 Å². The summed E-state index contributed by atoms with van der Waals surface area (Å²) >= 11 is 5.77. The lowest BCUT2D eigenvalue weighted by molar-refractivity contribution is -0.384. The SMILES string of the molecule is Cc1ccccc1OCC(=O)N[C@@H](C(=O)N/N=C\c1ccc(Cl)c([N+](=O)[O-])c1)C(C)C. The lowest BCUT2D eigenvalue weighted by Crippen LogP contribution is -2.49. The number of nitro benzene ring substituents is 1. The third-order valence-corrected chi connectivity index (χ3v) is 4.59. The van der Waals surface area contributed by atoms with Crippen molar-refractivity contribution in [1.29, 1.82) is 0 Å². The molecule has 1 atom stereocenters. The van der Waals surface area contributed by atoms with Gasteiger partial charge in [0.25, 0.3) is 17.5 Å². The zero-order valence-electron chi connectivity index (χ0n) is 17.3. The Balaban J connectivity index is 1.95. The highest BCUT2D eigenvalue weighted by Crippen LogP contribution is 2.24. The first-order valence-corrected chi connectivity index (χ1v) is 9.81. The monoisotopic (exact) mass is 446 g/mol. The Morgan fingerprint density at radius 3 is 2.61 bits per heavy atom. The van der Waals surface area contributed by atoms with Gasteiger partial charge in [0.1, 0.15) is 16.8 Å². The number of hydrogen-bond acceptors (Lipinski definition) is 6. The van der Waals surface area contributed by atoms with E-state index in [1.807, 2.05) is 19.1 Å². The van der Waals surface area contributed by atoms with Crippen LogP contribution in [0.3, 0.4) is 0 Å². The van der Waals surface area contributed by atoms with E-state index in [1.165, 1.54) is 24.4 Å². The molecular weight excluding hydrogens is 424 g/mol. The van der Waals surface area contributed by atoms with Gasteiger partial charge >= 0.3 is 0 Å². The first-order chi connectivity index (χ1) is 14.7. The number of nitrogens with zero attached hydrogens (tertiary/aromatic N) is 2. The maximum Gasteiger partial charge on any atom is 0.288 e. The number of benzene rings is 2. The highest BCUT2D eigenvalue weighted by molar-refractivity contribution is 6.32. The van der Waals surface area contributed by atoms with Gasteiger partial charge < -0.3 is 10.1 Å². The Kier molecular flexibility index (Phi) is 8.51. The third kappa shape index (κ3) is 7.07. The molecule has 0 aromatic heterocycles. The minimum atomic E-state index is -0.843. The number of rotatable bonds is 9. The number of hydrazone groups is 1. The van der Waals surface area contributed by atoms with Crippen molar-refractivity contribution >= 4 is 35.3 Å². The van der Waals surface area contributed by atoms with Crippen LogP contribution in [-0.2, 0) is 9.59 Å². The number of halogens is 1. The molecule has 0 aliphatic heterocycles. The van der Waals surface area contributed by atoms with E-state index < -0.39 is 22.8 Å². The molecule has 2 amide bonds. The van der Waals surface area contributed by atoms with Crippen LogP contribution in [0.2, 0.25) is 5.02 Å². The lowest BCUT2D eigenvalue weighted by atomic mass is 10.0. The third-order valence-electron chi connectivity index (χ3n) is 4.27. The quantitative estimate of drug-likeness (QED) is 0.347. The molecule has 0 aliphatic rings. The van der Waals surface area contributed by atoms with Crippen LogP contribution in [0, 0.1) is 23.0 Å².